The molecule has 1 aliphatic carbocycles. The van der Waals surface area contributed by atoms with Crippen LogP contribution in [0, 0.1) is 23.7 Å². The van der Waals surface area contributed by atoms with E-state index in [0.29, 0.717) is 48.8 Å². The van der Waals surface area contributed by atoms with E-state index in [0.717, 1.165) is 12.0 Å². The molecule has 20 unspecified atom stereocenters. The molecule has 0 saturated carbocycles. The number of aromatic carboxylic acids is 1. The van der Waals surface area contributed by atoms with E-state index < -0.39 is 72.3 Å². The van der Waals surface area contributed by atoms with E-state index in [-0.39, 0.29) is 67.0 Å². The van der Waals surface area contributed by atoms with Gasteiger partial charge in [0.15, 0.2) is 18.4 Å². The molecule has 16 heteroatoms. The van der Waals surface area contributed by atoms with E-state index in [1.807, 2.05) is 39.1 Å². The van der Waals surface area contributed by atoms with Crippen LogP contribution in [0.3, 0.4) is 0 Å². The first kappa shape index (κ1) is 56.1. The Morgan fingerprint density at radius 2 is 1.60 bits per heavy atom. The summed E-state index contributed by atoms with van der Waals surface area (Å²) in [5.74, 6) is -3.39. The van der Waals surface area contributed by atoms with Crippen LogP contribution in [-0.4, -0.2) is 152 Å². The normalized spacial score (nSPS) is 41.7. The molecule has 2 bridgehead atoms. The fourth-order valence-corrected chi connectivity index (χ4v) is 11.6. The Balaban J connectivity index is 0.000000761. The zero-order valence-corrected chi connectivity index (χ0v) is 44.0. The molecule has 1 spiro atoms. The number of esters is 1. The molecule has 6 aliphatic heterocycles. The molecule has 7 aliphatic rings. The number of likely N-dealkylation sites (N-methyl/N-ethyl adjacent to an activating group) is 1. The van der Waals surface area contributed by atoms with Crippen LogP contribution in [0.5, 0.6) is 0 Å². The van der Waals surface area contributed by atoms with Gasteiger partial charge < -0.3 is 68.0 Å². The Hall–Kier alpha value is -3.62. The zero-order valence-electron chi connectivity index (χ0n) is 44.0. The van der Waals surface area contributed by atoms with Crippen LogP contribution < -0.4 is 5.32 Å². The highest BCUT2D eigenvalue weighted by molar-refractivity contribution is 5.87. The zero-order chi connectivity index (χ0) is 52.1. The fraction of sp³-hybridized carbons (Fsp3) is 0.679. The summed E-state index contributed by atoms with van der Waals surface area (Å²) in [5.41, 5.74) is 0.511. The van der Waals surface area contributed by atoms with Crippen molar-refractivity contribution in [1.82, 2.24) is 5.32 Å². The molecule has 400 valence electrons. The van der Waals surface area contributed by atoms with Crippen molar-refractivity contribution in [3.63, 3.8) is 0 Å². The summed E-state index contributed by atoms with van der Waals surface area (Å²) < 4.78 is 64.6. The van der Waals surface area contributed by atoms with Crippen molar-refractivity contribution in [2.45, 2.75) is 191 Å². The number of aliphatic hydroxyl groups excluding tert-OH is 1. The lowest BCUT2D eigenvalue weighted by molar-refractivity contribution is -0.312. The van der Waals surface area contributed by atoms with Gasteiger partial charge in [-0.25, -0.2) is 4.79 Å². The molecular weight excluding hydrogens is 927 g/mol. The number of carbonyl (C=O) groups excluding carboxylic acids is 1. The summed E-state index contributed by atoms with van der Waals surface area (Å²) in [6.07, 6.45) is 10.7. The van der Waals surface area contributed by atoms with E-state index in [4.69, 9.17) is 52.5 Å². The molecule has 4 N–H and O–H groups in total. The fourth-order valence-electron chi connectivity index (χ4n) is 11.6. The Bertz CT molecular complexity index is 2140. The summed E-state index contributed by atoms with van der Waals surface area (Å²) in [6.45, 7) is 16.4. The third-order valence-electron chi connectivity index (χ3n) is 15.9. The minimum atomic E-state index is -1.83. The molecule has 20 atom stereocenters. The summed E-state index contributed by atoms with van der Waals surface area (Å²) in [6, 6.07) is 8.34. The van der Waals surface area contributed by atoms with Gasteiger partial charge in [0, 0.05) is 51.7 Å². The van der Waals surface area contributed by atoms with E-state index in [2.05, 4.69) is 52.1 Å². The predicted molar refractivity (Wildman–Crippen MR) is 268 cm³/mol. The van der Waals surface area contributed by atoms with Crippen molar-refractivity contribution in [1.29, 1.82) is 0 Å². The first-order valence-electron chi connectivity index (χ1n) is 26.0. The monoisotopic (exact) mass is 1010 g/mol. The second-order valence-electron chi connectivity index (χ2n) is 21.0. The third kappa shape index (κ3) is 12.4. The van der Waals surface area contributed by atoms with Gasteiger partial charge in [-0.2, -0.15) is 0 Å². The highest BCUT2D eigenvalue weighted by Crippen LogP contribution is 2.47. The largest absolute Gasteiger partial charge is 0.478 e. The third-order valence-corrected chi connectivity index (χ3v) is 15.9. The molecule has 8 rings (SSSR count). The number of hydrogen-bond donors (Lipinski definition) is 4. The topological polar surface area (TPSA) is 199 Å². The molecule has 0 amide bonds. The van der Waals surface area contributed by atoms with Crippen LogP contribution in [0.1, 0.15) is 104 Å². The van der Waals surface area contributed by atoms with E-state index >= 15 is 0 Å². The number of fused-ring (bicyclic) bond motifs is 2. The number of carboxylic acid groups (broad SMARTS) is 1. The van der Waals surface area contributed by atoms with Gasteiger partial charge in [-0.15, -0.1) is 0 Å². The van der Waals surface area contributed by atoms with Crippen molar-refractivity contribution >= 4 is 11.9 Å². The van der Waals surface area contributed by atoms with Gasteiger partial charge in [-0.3, -0.25) is 4.79 Å². The lowest BCUT2D eigenvalue weighted by Gasteiger charge is -2.48. The summed E-state index contributed by atoms with van der Waals surface area (Å²) in [4.78, 5) is 24.6. The van der Waals surface area contributed by atoms with E-state index in [1.165, 1.54) is 0 Å². The number of benzene rings is 1. The Labute approximate surface area is 426 Å². The molecule has 4 fully saturated rings. The van der Waals surface area contributed by atoms with Crippen LogP contribution in [0.2, 0.25) is 0 Å². The van der Waals surface area contributed by atoms with Crippen molar-refractivity contribution in [3.8, 4) is 0 Å². The minimum absolute atomic E-state index is 0.0411. The number of carbonyl (C=O) groups is 2. The SMILES string of the molecule is CCC(C)C1OC2(C=CC1C)CC1CC(CC=C(C)C(OC3CC(OC)C(OC4CC(OC)C(NC)C(C)O4)C(C)O3)C(C)C=CC=C3COC4C(O)C(C)=CC(C(=O)O1)C34O)O2.O=C(O)c1ccccc1. The molecule has 72 heavy (non-hydrogen) atoms. The lowest BCUT2D eigenvalue weighted by Crippen LogP contribution is -2.58. The number of nitrogens with one attached hydrogen (secondary N) is 1. The van der Waals surface area contributed by atoms with Crippen molar-refractivity contribution in [2.24, 2.45) is 23.7 Å². The van der Waals surface area contributed by atoms with Gasteiger partial charge in [0.1, 0.15) is 35.9 Å². The summed E-state index contributed by atoms with van der Waals surface area (Å²) in [5, 5.41) is 35.4. The van der Waals surface area contributed by atoms with Gasteiger partial charge >= 0.3 is 11.9 Å². The molecule has 4 saturated heterocycles. The number of hydrogen-bond acceptors (Lipinski definition) is 15. The maximum atomic E-state index is 14.4. The average molecular weight is 1010 g/mol. The van der Waals surface area contributed by atoms with Crippen molar-refractivity contribution < 1.29 is 72.3 Å². The molecule has 0 aromatic heterocycles. The quantitative estimate of drug-likeness (QED) is 0.138. The van der Waals surface area contributed by atoms with E-state index in [9.17, 15) is 19.8 Å². The Kier molecular flexibility index (Phi) is 19.0. The van der Waals surface area contributed by atoms with Gasteiger partial charge in [0.25, 0.3) is 0 Å². The van der Waals surface area contributed by atoms with Crippen LogP contribution in [0.15, 0.2) is 89.6 Å². The number of allylic oxidation sites excluding steroid dienone is 2. The van der Waals surface area contributed by atoms with E-state index in [1.54, 1.807) is 63.6 Å². The van der Waals surface area contributed by atoms with Gasteiger partial charge in [0.05, 0.1) is 60.9 Å². The molecule has 16 nitrogen and oxygen atoms in total. The second kappa shape index (κ2) is 24.4. The number of methoxy groups -OCH3 is 2. The maximum absolute atomic E-state index is 14.4. The molecule has 6 heterocycles. The second-order valence-corrected chi connectivity index (χ2v) is 21.0. The van der Waals surface area contributed by atoms with Gasteiger partial charge in [-0.1, -0.05) is 88.8 Å². The number of ether oxygens (including phenoxy) is 10. The standard InChI is InChI=1S/C49H75NO13.C7H6O2/c1-12-26(2)44-29(5)18-19-48(63-44)24-35-21-34(62-48)17-16-28(4)43(27(3)14-13-15-33-25-56-46-42(51)30(6)20-36(47(52)59-35)49(33,46)53)60-40-23-38(55-11)45(32(8)58-40)61-39-22-37(54-10)41(50-9)31(7)57-39;8-7(9)6-4-2-1-3-5-6/h13-16,18-20,26-27,29,31-32,34-46,50-51,53H,12,17,21-25H2,1-11H3;1-5H,(H,8,9). The highest BCUT2D eigenvalue weighted by atomic mass is 16.7. The summed E-state index contributed by atoms with van der Waals surface area (Å²) in [7, 11) is 5.30. The van der Waals surface area contributed by atoms with Gasteiger partial charge in [-0.05, 0) is 82.0 Å². The molecule has 0 radical (unpaired) electrons. The first-order valence-corrected chi connectivity index (χ1v) is 26.0. The Morgan fingerprint density at radius 3 is 2.26 bits per heavy atom. The first-order chi connectivity index (χ1) is 34.3. The summed E-state index contributed by atoms with van der Waals surface area (Å²) >= 11 is 0. The number of rotatable bonds is 10. The number of carboxylic acids is 1. The molecular formula is C56H81NO15. The maximum Gasteiger partial charge on any atom is 0.335 e. The van der Waals surface area contributed by atoms with Crippen molar-refractivity contribution in [3.05, 3.63) is 95.1 Å². The highest BCUT2D eigenvalue weighted by Gasteiger charge is 2.60. The van der Waals surface area contributed by atoms with Crippen molar-refractivity contribution in [2.75, 3.05) is 27.9 Å². The average Bonchev–Trinajstić information content (AvgIpc) is 3.70. The van der Waals surface area contributed by atoms with Crippen LogP contribution in [0.25, 0.3) is 0 Å². The molecule has 1 aromatic rings. The van der Waals surface area contributed by atoms with Crippen LogP contribution in [-0.2, 0) is 52.2 Å². The lowest BCUT2D eigenvalue weighted by atomic mass is 9.71. The minimum Gasteiger partial charge on any atom is -0.478 e. The smallest absolute Gasteiger partial charge is 0.335 e. The van der Waals surface area contributed by atoms with Crippen LogP contribution in [0.4, 0.5) is 0 Å². The molecule has 1 aromatic carbocycles. The Morgan fingerprint density at radius 1 is 0.903 bits per heavy atom. The number of aliphatic hydroxyl groups is 2. The van der Waals surface area contributed by atoms with Gasteiger partial charge in [0.2, 0.25) is 0 Å². The predicted octanol–water partition coefficient (Wildman–Crippen LogP) is 6.99. The van der Waals surface area contributed by atoms with Crippen LogP contribution >= 0.6 is 0 Å².